The number of hydrogen-bond acceptors (Lipinski definition) is 4. The molecule has 0 bridgehead atoms. The third-order valence-corrected chi connectivity index (χ3v) is 5.37. The Morgan fingerprint density at radius 3 is 2.68 bits per heavy atom. The molecule has 2 N–H and O–H groups in total. The molecule has 0 saturated heterocycles. The van der Waals surface area contributed by atoms with Crippen molar-refractivity contribution in [1.82, 2.24) is 5.48 Å². The Morgan fingerprint density at radius 1 is 1.28 bits per heavy atom. The molecule has 2 aromatic rings. The van der Waals surface area contributed by atoms with E-state index >= 15 is 0 Å². The van der Waals surface area contributed by atoms with E-state index in [4.69, 9.17) is 5.21 Å². The van der Waals surface area contributed by atoms with E-state index in [1.165, 1.54) is 40.3 Å². The fraction of sp³-hybridized carbons (Fsp3) is 0.222. The number of carbonyl (C=O) groups is 2. The van der Waals surface area contributed by atoms with E-state index in [0.29, 0.717) is 17.0 Å². The summed E-state index contributed by atoms with van der Waals surface area (Å²) in [6.45, 7) is 1.45. The first-order valence-electron chi connectivity index (χ1n) is 7.70. The fourth-order valence-electron chi connectivity index (χ4n) is 2.91. The normalized spacial score (nSPS) is 19.5. The average molecular weight is 360 g/mol. The molecule has 3 rings (SSSR count). The average Bonchev–Trinajstić information content (AvgIpc) is 2.59. The predicted octanol–water partition coefficient (Wildman–Crippen LogP) is 2.77. The maximum absolute atomic E-state index is 13.7. The summed E-state index contributed by atoms with van der Waals surface area (Å²) in [6, 6.07) is 13.6. The van der Waals surface area contributed by atoms with Crippen LogP contribution >= 0.6 is 11.8 Å². The number of benzene rings is 2. The van der Waals surface area contributed by atoms with Crippen LogP contribution in [0.2, 0.25) is 0 Å². The second-order valence-corrected chi connectivity index (χ2v) is 7.58. The van der Waals surface area contributed by atoms with Gasteiger partial charge in [-0.25, -0.2) is 9.87 Å². The molecular weight excluding hydrogens is 343 g/mol. The fourth-order valence-corrected chi connectivity index (χ4v) is 4.28. The maximum atomic E-state index is 13.7. The molecule has 0 fully saturated rings. The zero-order chi connectivity index (χ0) is 18.0. The first kappa shape index (κ1) is 17.4. The molecule has 1 aliphatic rings. The van der Waals surface area contributed by atoms with Gasteiger partial charge in [0.2, 0.25) is 5.91 Å². The van der Waals surface area contributed by atoms with Crippen LogP contribution in [0.15, 0.2) is 53.4 Å². The van der Waals surface area contributed by atoms with Gasteiger partial charge in [0.25, 0.3) is 5.91 Å². The van der Waals surface area contributed by atoms with Gasteiger partial charge in [-0.1, -0.05) is 30.3 Å². The molecule has 7 heteroatoms. The molecule has 0 radical (unpaired) electrons. The van der Waals surface area contributed by atoms with E-state index in [1.54, 1.807) is 6.92 Å². The lowest BCUT2D eigenvalue weighted by Gasteiger charge is -2.39. The Bertz CT molecular complexity index is 815. The molecule has 1 aliphatic heterocycles. The van der Waals surface area contributed by atoms with Gasteiger partial charge in [-0.3, -0.25) is 14.8 Å². The van der Waals surface area contributed by atoms with Gasteiger partial charge in [-0.15, -0.1) is 11.8 Å². The zero-order valence-corrected chi connectivity index (χ0v) is 14.3. The monoisotopic (exact) mass is 360 g/mol. The zero-order valence-electron chi connectivity index (χ0n) is 13.5. The van der Waals surface area contributed by atoms with Crippen molar-refractivity contribution in [3.05, 3.63) is 59.9 Å². The van der Waals surface area contributed by atoms with Crippen LogP contribution < -0.4 is 10.4 Å². The number of hydroxylamine groups is 1. The van der Waals surface area contributed by atoms with E-state index in [1.807, 2.05) is 30.3 Å². The summed E-state index contributed by atoms with van der Waals surface area (Å²) < 4.78 is 12.8. The van der Waals surface area contributed by atoms with Crippen molar-refractivity contribution in [3.8, 4) is 0 Å². The lowest BCUT2D eigenvalue weighted by Crippen LogP contribution is -2.52. The number of anilines is 1. The summed E-state index contributed by atoms with van der Waals surface area (Å²) in [5.41, 5.74) is 2.97. The van der Waals surface area contributed by atoms with Gasteiger partial charge in [-0.2, -0.15) is 0 Å². The van der Waals surface area contributed by atoms with Crippen molar-refractivity contribution in [2.24, 2.45) is 0 Å². The summed E-state index contributed by atoms with van der Waals surface area (Å²) in [5.74, 6) is -1.38. The van der Waals surface area contributed by atoms with Crippen molar-refractivity contribution >= 4 is 29.3 Å². The Kier molecular flexibility index (Phi) is 4.78. The molecule has 2 aromatic carbocycles. The molecule has 0 spiro atoms. The lowest BCUT2D eigenvalue weighted by atomic mass is 9.98. The van der Waals surface area contributed by atoms with Crippen molar-refractivity contribution < 1.29 is 19.2 Å². The second-order valence-electron chi connectivity index (χ2n) is 6.03. The number of nitrogens with one attached hydrogen (secondary N) is 1. The third kappa shape index (κ3) is 3.52. The minimum Gasteiger partial charge on any atom is -0.301 e. The van der Waals surface area contributed by atoms with Crippen LogP contribution in [0.25, 0.3) is 0 Å². The highest BCUT2D eigenvalue weighted by molar-refractivity contribution is 8.01. The number of amides is 2. The molecular formula is C18H17FN2O3S. The smallest absolute Gasteiger partial charge is 0.263 e. The first-order valence-corrected chi connectivity index (χ1v) is 8.52. The summed E-state index contributed by atoms with van der Waals surface area (Å²) in [6.07, 6.45) is 0.435. The third-order valence-electron chi connectivity index (χ3n) is 4.06. The Labute approximate surface area is 148 Å². The first-order chi connectivity index (χ1) is 11.9. The molecule has 0 saturated carbocycles. The highest BCUT2D eigenvalue weighted by Crippen LogP contribution is 2.46. The SMILES string of the molecule is CC1(Cc2ccccc2)Sc2cc(F)ccc2N(CC(=O)NO)C1=O. The van der Waals surface area contributed by atoms with Crippen LogP contribution in [0, 0.1) is 5.82 Å². The maximum Gasteiger partial charge on any atom is 0.263 e. The van der Waals surface area contributed by atoms with E-state index in [9.17, 15) is 14.0 Å². The van der Waals surface area contributed by atoms with Crippen LogP contribution in [0.3, 0.4) is 0 Å². The van der Waals surface area contributed by atoms with Crippen LogP contribution in [-0.2, 0) is 16.0 Å². The van der Waals surface area contributed by atoms with Gasteiger partial charge < -0.3 is 4.90 Å². The highest BCUT2D eigenvalue weighted by Gasteiger charge is 2.44. The highest BCUT2D eigenvalue weighted by atomic mass is 32.2. The lowest BCUT2D eigenvalue weighted by molar-refractivity contribution is -0.130. The number of halogens is 1. The number of rotatable bonds is 4. The van der Waals surface area contributed by atoms with Gasteiger partial charge >= 0.3 is 0 Å². The molecule has 130 valence electrons. The van der Waals surface area contributed by atoms with Gasteiger partial charge in [-0.05, 0) is 37.1 Å². The summed E-state index contributed by atoms with van der Waals surface area (Å²) >= 11 is 1.29. The van der Waals surface area contributed by atoms with Crippen molar-refractivity contribution in [1.29, 1.82) is 0 Å². The number of fused-ring (bicyclic) bond motifs is 1. The van der Waals surface area contributed by atoms with Crippen molar-refractivity contribution in [3.63, 3.8) is 0 Å². The summed E-state index contributed by atoms with van der Waals surface area (Å²) in [5, 5.41) is 8.81. The molecule has 0 aromatic heterocycles. The Morgan fingerprint density at radius 2 is 2.00 bits per heavy atom. The Hall–Kier alpha value is -2.38. The quantitative estimate of drug-likeness (QED) is 0.650. The number of nitrogens with zero attached hydrogens (tertiary/aromatic N) is 1. The molecule has 5 nitrogen and oxygen atoms in total. The van der Waals surface area contributed by atoms with Crippen LogP contribution in [-0.4, -0.2) is 28.3 Å². The number of thioether (sulfide) groups is 1. The largest absolute Gasteiger partial charge is 0.301 e. The Balaban J connectivity index is 2.01. The van der Waals surface area contributed by atoms with Gasteiger partial charge in [0.15, 0.2) is 0 Å². The van der Waals surface area contributed by atoms with E-state index in [-0.39, 0.29) is 12.5 Å². The van der Waals surface area contributed by atoms with E-state index in [2.05, 4.69) is 0 Å². The van der Waals surface area contributed by atoms with E-state index < -0.39 is 16.5 Å². The molecule has 0 aliphatic carbocycles. The van der Waals surface area contributed by atoms with Gasteiger partial charge in [0, 0.05) is 4.90 Å². The topological polar surface area (TPSA) is 69.6 Å². The van der Waals surface area contributed by atoms with Crippen LogP contribution in [0.4, 0.5) is 10.1 Å². The molecule has 1 unspecified atom stereocenters. The van der Waals surface area contributed by atoms with Crippen LogP contribution in [0.1, 0.15) is 12.5 Å². The minimum absolute atomic E-state index is 0.260. The van der Waals surface area contributed by atoms with Crippen molar-refractivity contribution in [2.75, 3.05) is 11.4 Å². The number of carbonyl (C=O) groups excluding carboxylic acids is 2. The standard InChI is InChI=1S/C18H17FN2O3S/c1-18(10-12-5-3-2-4-6-12)17(23)21(11-16(22)20-24)14-8-7-13(19)9-15(14)25-18/h2-9,24H,10-11H2,1H3,(H,20,22). The van der Waals surface area contributed by atoms with Crippen LogP contribution in [0.5, 0.6) is 0 Å². The van der Waals surface area contributed by atoms with Gasteiger partial charge in [0.1, 0.15) is 17.1 Å². The molecule has 1 heterocycles. The van der Waals surface area contributed by atoms with E-state index in [0.717, 1.165) is 5.56 Å². The number of hydrogen-bond donors (Lipinski definition) is 2. The molecule has 1 atom stereocenters. The molecule has 25 heavy (non-hydrogen) atoms. The van der Waals surface area contributed by atoms with Crippen molar-refractivity contribution in [2.45, 2.75) is 23.0 Å². The summed E-state index contributed by atoms with van der Waals surface area (Å²) in [4.78, 5) is 26.6. The molecule has 2 amide bonds. The summed E-state index contributed by atoms with van der Waals surface area (Å²) in [7, 11) is 0. The predicted molar refractivity (Wildman–Crippen MR) is 93.1 cm³/mol. The second kappa shape index (κ2) is 6.85. The minimum atomic E-state index is -0.891. The van der Waals surface area contributed by atoms with Gasteiger partial charge in [0.05, 0.1) is 5.69 Å².